The molecule has 7 heteroatoms. The third-order valence-corrected chi connectivity index (χ3v) is 5.60. The van der Waals surface area contributed by atoms with Crippen LogP contribution in [0.15, 0.2) is 48.5 Å². The van der Waals surface area contributed by atoms with Gasteiger partial charge in [0.1, 0.15) is 17.5 Å². The number of carbonyl (C=O) groups is 2. The van der Waals surface area contributed by atoms with Crippen LogP contribution in [0.2, 0.25) is 0 Å². The summed E-state index contributed by atoms with van der Waals surface area (Å²) in [6.07, 6.45) is 0. The van der Waals surface area contributed by atoms with Crippen LogP contribution in [0.5, 0.6) is 11.5 Å². The summed E-state index contributed by atoms with van der Waals surface area (Å²) >= 11 is 0. The lowest BCUT2D eigenvalue weighted by atomic mass is 10.0. The summed E-state index contributed by atoms with van der Waals surface area (Å²) in [5.74, 6) is 0.922. The van der Waals surface area contributed by atoms with Crippen molar-refractivity contribution in [3.63, 3.8) is 0 Å². The van der Waals surface area contributed by atoms with Gasteiger partial charge in [0.05, 0.1) is 19.8 Å². The van der Waals surface area contributed by atoms with E-state index in [0.717, 1.165) is 24.5 Å². The van der Waals surface area contributed by atoms with Crippen LogP contribution in [0.1, 0.15) is 24.2 Å². The lowest BCUT2D eigenvalue weighted by molar-refractivity contribution is -0.134. The van der Waals surface area contributed by atoms with Crippen LogP contribution in [0.25, 0.3) is 0 Å². The Morgan fingerprint density at radius 3 is 2.13 bits per heavy atom. The Bertz CT molecular complexity index is 890. The van der Waals surface area contributed by atoms with Gasteiger partial charge in [0.2, 0.25) is 5.91 Å². The van der Waals surface area contributed by atoms with E-state index in [4.69, 9.17) is 9.47 Å². The van der Waals surface area contributed by atoms with Crippen molar-refractivity contribution in [2.24, 2.45) is 5.92 Å². The lowest BCUT2D eigenvalue weighted by Gasteiger charge is -2.38. The van der Waals surface area contributed by atoms with Gasteiger partial charge in [0.15, 0.2) is 0 Å². The number of hydrogen-bond donors (Lipinski definition) is 1. The highest BCUT2D eigenvalue weighted by Crippen LogP contribution is 2.22. The van der Waals surface area contributed by atoms with Gasteiger partial charge in [-0.25, -0.2) is 0 Å². The van der Waals surface area contributed by atoms with Crippen molar-refractivity contribution < 1.29 is 19.1 Å². The largest absolute Gasteiger partial charge is 0.497 e. The van der Waals surface area contributed by atoms with E-state index in [0.29, 0.717) is 24.4 Å². The number of anilines is 1. The smallest absolute Gasteiger partial charge is 0.255 e. The average molecular weight is 426 g/mol. The fourth-order valence-corrected chi connectivity index (χ4v) is 3.74. The summed E-state index contributed by atoms with van der Waals surface area (Å²) in [6, 6.07) is 14.4. The molecule has 0 bridgehead atoms. The molecular weight excluding hydrogens is 394 g/mol. The molecule has 0 aromatic heterocycles. The van der Waals surface area contributed by atoms with E-state index >= 15 is 0 Å². The van der Waals surface area contributed by atoms with Crippen LogP contribution >= 0.6 is 0 Å². The van der Waals surface area contributed by atoms with Gasteiger partial charge in [-0.3, -0.25) is 9.59 Å². The zero-order valence-corrected chi connectivity index (χ0v) is 18.6. The van der Waals surface area contributed by atoms with E-state index in [1.165, 1.54) is 7.11 Å². The number of nitrogens with one attached hydrogen (secondary N) is 1. The first kappa shape index (κ1) is 22.5. The molecule has 1 aliphatic heterocycles. The van der Waals surface area contributed by atoms with E-state index in [9.17, 15) is 9.59 Å². The Morgan fingerprint density at radius 1 is 0.903 bits per heavy atom. The van der Waals surface area contributed by atoms with Gasteiger partial charge < -0.3 is 24.6 Å². The number of benzene rings is 2. The second-order valence-corrected chi connectivity index (χ2v) is 7.91. The van der Waals surface area contributed by atoms with Crippen molar-refractivity contribution in [1.82, 2.24) is 10.2 Å². The number of para-hydroxylation sites is 1. The normalized spacial score (nSPS) is 14.9. The maximum atomic E-state index is 13.2. The number of piperazine rings is 1. The first-order chi connectivity index (χ1) is 14.9. The van der Waals surface area contributed by atoms with Crippen LogP contribution in [0, 0.1) is 5.92 Å². The van der Waals surface area contributed by atoms with Gasteiger partial charge in [-0.2, -0.15) is 0 Å². The maximum absolute atomic E-state index is 13.2. The van der Waals surface area contributed by atoms with E-state index < -0.39 is 6.04 Å². The quantitative estimate of drug-likeness (QED) is 0.739. The maximum Gasteiger partial charge on any atom is 0.255 e. The van der Waals surface area contributed by atoms with Crippen LogP contribution in [-0.2, 0) is 4.79 Å². The number of nitrogens with zero attached hydrogens (tertiary/aromatic N) is 2. The third kappa shape index (κ3) is 5.29. The molecule has 7 nitrogen and oxygen atoms in total. The minimum atomic E-state index is -0.593. The molecule has 1 saturated heterocycles. The second-order valence-electron chi connectivity index (χ2n) is 7.91. The van der Waals surface area contributed by atoms with E-state index in [2.05, 4.69) is 10.2 Å². The van der Waals surface area contributed by atoms with Crippen LogP contribution in [0.3, 0.4) is 0 Å². The van der Waals surface area contributed by atoms with Gasteiger partial charge >= 0.3 is 0 Å². The first-order valence-corrected chi connectivity index (χ1v) is 10.6. The summed E-state index contributed by atoms with van der Waals surface area (Å²) in [5, 5.41) is 2.92. The molecule has 2 amide bonds. The summed E-state index contributed by atoms with van der Waals surface area (Å²) in [7, 11) is 3.18. The van der Waals surface area contributed by atoms with Gasteiger partial charge in [0.25, 0.3) is 5.91 Å². The van der Waals surface area contributed by atoms with E-state index in [1.54, 1.807) is 25.3 Å². The number of amides is 2. The van der Waals surface area contributed by atoms with Crippen LogP contribution < -0.4 is 19.7 Å². The monoisotopic (exact) mass is 425 g/mol. The molecule has 166 valence electrons. The molecule has 2 aromatic carbocycles. The molecule has 3 rings (SSSR count). The minimum Gasteiger partial charge on any atom is -0.497 e. The minimum absolute atomic E-state index is 0.0363. The van der Waals surface area contributed by atoms with Crippen molar-refractivity contribution in [3.8, 4) is 11.5 Å². The average Bonchev–Trinajstić information content (AvgIpc) is 2.82. The number of rotatable bonds is 7. The standard InChI is InChI=1S/C24H31N3O4/c1-17(2)22(25-23(28)20-7-5-6-8-21(20)31-4)24(29)27-15-13-26(14-16-27)18-9-11-19(30-3)12-10-18/h5-12,17,22H,13-16H2,1-4H3,(H,25,28)/t22-/m0/s1. The molecule has 31 heavy (non-hydrogen) atoms. The van der Waals surface area contributed by atoms with Crippen LogP contribution in [0.4, 0.5) is 5.69 Å². The SMILES string of the molecule is COc1ccc(N2CCN(C(=O)[C@@H](NC(=O)c3ccccc3OC)C(C)C)CC2)cc1. The van der Waals surface area contributed by atoms with Crippen molar-refractivity contribution in [3.05, 3.63) is 54.1 Å². The number of methoxy groups -OCH3 is 2. The number of hydrogen-bond acceptors (Lipinski definition) is 5. The molecule has 1 heterocycles. The molecule has 1 N–H and O–H groups in total. The van der Waals surface area contributed by atoms with Crippen molar-refractivity contribution in [1.29, 1.82) is 0 Å². The Labute approximate surface area is 183 Å². The zero-order valence-electron chi connectivity index (χ0n) is 18.6. The van der Waals surface area contributed by atoms with Gasteiger partial charge in [-0.15, -0.1) is 0 Å². The fourth-order valence-electron chi connectivity index (χ4n) is 3.74. The molecule has 1 aliphatic rings. The Balaban J connectivity index is 1.63. The molecule has 1 atom stereocenters. The summed E-state index contributed by atoms with van der Waals surface area (Å²) in [4.78, 5) is 30.2. The lowest BCUT2D eigenvalue weighted by Crippen LogP contribution is -2.56. The van der Waals surface area contributed by atoms with Gasteiger partial charge in [0, 0.05) is 31.9 Å². The summed E-state index contributed by atoms with van der Waals surface area (Å²) in [5.41, 5.74) is 1.53. The predicted octanol–water partition coefficient (Wildman–Crippen LogP) is 2.81. The Kier molecular flexibility index (Phi) is 7.39. The van der Waals surface area contributed by atoms with Crippen molar-refractivity contribution >= 4 is 17.5 Å². The molecule has 1 fully saturated rings. The number of carbonyl (C=O) groups excluding carboxylic acids is 2. The van der Waals surface area contributed by atoms with Crippen molar-refractivity contribution in [2.75, 3.05) is 45.3 Å². The summed E-state index contributed by atoms with van der Waals surface area (Å²) in [6.45, 7) is 6.58. The van der Waals surface area contributed by atoms with E-state index in [1.807, 2.05) is 49.1 Å². The predicted molar refractivity (Wildman–Crippen MR) is 121 cm³/mol. The Hall–Kier alpha value is -3.22. The van der Waals surface area contributed by atoms with Crippen molar-refractivity contribution in [2.45, 2.75) is 19.9 Å². The van der Waals surface area contributed by atoms with Gasteiger partial charge in [-0.1, -0.05) is 26.0 Å². The number of ether oxygens (including phenoxy) is 2. The molecule has 0 saturated carbocycles. The topological polar surface area (TPSA) is 71.1 Å². The highest BCUT2D eigenvalue weighted by atomic mass is 16.5. The third-order valence-electron chi connectivity index (χ3n) is 5.60. The highest BCUT2D eigenvalue weighted by Gasteiger charge is 2.31. The molecule has 0 aliphatic carbocycles. The second kappa shape index (κ2) is 10.2. The molecular formula is C24H31N3O4. The first-order valence-electron chi connectivity index (χ1n) is 10.6. The van der Waals surface area contributed by atoms with Gasteiger partial charge in [-0.05, 0) is 42.3 Å². The van der Waals surface area contributed by atoms with Crippen LogP contribution in [-0.4, -0.2) is 63.2 Å². The fraction of sp³-hybridized carbons (Fsp3) is 0.417. The Morgan fingerprint density at radius 2 is 1.55 bits per heavy atom. The summed E-state index contributed by atoms with van der Waals surface area (Å²) < 4.78 is 10.5. The molecule has 0 radical (unpaired) electrons. The highest BCUT2D eigenvalue weighted by molar-refractivity contribution is 5.99. The molecule has 0 spiro atoms. The molecule has 0 unspecified atom stereocenters. The zero-order chi connectivity index (χ0) is 22.4. The molecule has 2 aromatic rings. The van der Waals surface area contributed by atoms with E-state index in [-0.39, 0.29) is 17.7 Å².